The van der Waals surface area contributed by atoms with Gasteiger partial charge in [-0.3, -0.25) is 4.90 Å². The Hall–Kier alpha value is -0.950. The highest BCUT2D eigenvalue weighted by molar-refractivity contribution is 9.10. The summed E-state index contributed by atoms with van der Waals surface area (Å²) in [5.74, 6) is 0.839. The molecule has 0 bridgehead atoms. The van der Waals surface area contributed by atoms with Crippen molar-refractivity contribution in [1.29, 1.82) is 0 Å². The first-order valence-electron chi connectivity index (χ1n) is 8.90. The van der Waals surface area contributed by atoms with E-state index in [1.165, 1.54) is 12.8 Å². The lowest BCUT2D eigenvalue weighted by Crippen LogP contribution is -2.46. The molecule has 1 saturated carbocycles. The maximum atomic E-state index is 6.11. The number of benzene rings is 1. The number of ether oxygens (including phenoxy) is 1. The van der Waals surface area contributed by atoms with Crippen molar-refractivity contribution in [2.24, 2.45) is 0 Å². The molecule has 0 unspecified atom stereocenters. The molecule has 0 atom stereocenters. The van der Waals surface area contributed by atoms with Gasteiger partial charge in [0.25, 0.3) is 0 Å². The molecule has 4 rings (SSSR count). The summed E-state index contributed by atoms with van der Waals surface area (Å²) in [6.07, 6.45) is 4.74. The molecule has 1 aromatic carbocycles. The van der Waals surface area contributed by atoms with Gasteiger partial charge in [0.15, 0.2) is 0 Å². The molecule has 2 aromatic rings. The second-order valence-electron chi connectivity index (χ2n) is 6.80. The summed E-state index contributed by atoms with van der Waals surface area (Å²) in [6, 6.07) is 7.12. The van der Waals surface area contributed by atoms with E-state index in [0.717, 1.165) is 60.3 Å². The number of rotatable bonds is 3. The van der Waals surface area contributed by atoms with Gasteiger partial charge in [-0.2, -0.15) is 0 Å². The Bertz CT molecular complexity index is 745. The third kappa shape index (κ3) is 4.08. The Kier molecular flexibility index (Phi) is 5.41. The minimum absolute atomic E-state index is 0.291. The second kappa shape index (κ2) is 7.74. The third-order valence-electron chi connectivity index (χ3n) is 5.23. The number of morpholine rings is 1. The van der Waals surface area contributed by atoms with Crippen LogP contribution in [0.1, 0.15) is 25.7 Å². The van der Waals surface area contributed by atoms with E-state index < -0.39 is 0 Å². The summed E-state index contributed by atoms with van der Waals surface area (Å²) in [5, 5.41) is 4.92. The van der Waals surface area contributed by atoms with Crippen LogP contribution in [0.25, 0.3) is 10.9 Å². The largest absolute Gasteiger partial charge is 0.379 e. The number of fused-ring (bicyclic) bond motifs is 1. The first-order chi connectivity index (χ1) is 12.2. The van der Waals surface area contributed by atoms with E-state index >= 15 is 0 Å². The highest BCUT2D eigenvalue weighted by atomic mass is 79.9. The average Bonchev–Trinajstić information content (AvgIpc) is 2.64. The monoisotopic (exact) mass is 424 g/mol. The lowest BCUT2D eigenvalue weighted by Gasteiger charge is -2.39. The quantitative estimate of drug-likeness (QED) is 0.750. The summed E-state index contributed by atoms with van der Waals surface area (Å²) < 4.78 is 6.49. The molecule has 2 heterocycles. The molecule has 0 spiro atoms. The van der Waals surface area contributed by atoms with Crippen molar-refractivity contribution in [2.45, 2.75) is 37.8 Å². The van der Waals surface area contributed by atoms with Crippen LogP contribution in [0.15, 0.2) is 22.7 Å². The fourth-order valence-electron chi connectivity index (χ4n) is 3.90. The van der Waals surface area contributed by atoms with Crippen LogP contribution in [0.2, 0.25) is 5.28 Å². The van der Waals surface area contributed by atoms with Crippen molar-refractivity contribution in [3.05, 3.63) is 28.0 Å². The molecule has 5 nitrogen and oxygen atoms in total. The Morgan fingerprint density at radius 2 is 1.88 bits per heavy atom. The first-order valence-corrected chi connectivity index (χ1v) is 10.1. The molecular formula is C18H22BrClN4O. The standard InChI is InChI=1S/C18H22BrClN4O/c19-12-1-6-16-15(11-12)17(23-18(20)22-16)21-13-2-4-14(5-3-13)24-7-9-25-10-8-24/h1,6,11,13-14H,2-5,7-10H2,(H,21,22,23)/t13-,14-. The Labute approximate surface area is 161 Å². The molecule has 134 valence electrons. The van der Waals surface area contributed by atoms with E-state index in [2.05, 4.69) is 36.1 Å². The van der Waals surface area contributed by atoms with Gasteiger partial charge < -0.3 is 10.1 Å². The normalized spacial score (nSPS) is 25.2. The minimum atomic E-state index is 0.291. The van der Waals surface area contributed by atoms with Crippen molar-refractivity contribution in [1.82, 2.24) is 14.9 Å². The third-order valence-corrected chi connectivity index (χ3v) is 5.89. The number of nitrogens with one attached hydrogen (secondary N) is 1. The molecule has 0 radical (unpaired) electrons. The average molecular weight is 426 g/mol. The number of aromatic nitrogens is 2. The summed E-state index contributed by atoms with van der Waals surface area (Å²) in [6.45, 7) is 3.89. The number of hydrogen-bond donors (Lipinski definition) is 1. The zero-order valence-electron chi connectivity index (χ0n) is 14.0. The lowest BCUT2D eigenvalue weighted by molar-refractivity contribution is 0.00791. The predicted octanol–water partition coefficient (Wildman–Crippen LogP) is 4.10. The number of nitrogens with zero attached hydrogens (tertiary/aromatic N) is 3. The van der Waals surface area contributed by atoms with Gasteiger partial charge in [-0.25, -0.2) is 9.97 Å². The van der Waals surface area contributed by atoms with E-state index in [0.29, 0.717) is 17.4 Å². The van der Waals surface area contributed by atoms with Crippen LogP contribution in [0.4, 0.5) is 5.82 Å². The van der Waals surface area contributed by atoms with Gasteiger partial charge in [-0.15, -0.1) is 0 Å². The highest BCUT2D eigenvalue weighted by Gasteiger charge is 2.27. The molecule has 1 aliphatic carbocycles. The molecule has 1 aliphatic heterocycles. The zero-order valence-corrected chi connectivity index (χ0v) is 16.4. The van der Waals surface area contributed by atoms with Crippen molar-refractivity contribution in [3.63, 3.8) is 0 Å². The summed E-state index contributed by atoms with van der Waals surface area (Å²) >= 11 is 9.64. The smallest absolute Gasteiger partial charge is 0.224 e. The van der Waals surface area contributed by atoms with E-state index in [9.17, 15) is 0 Å². The predicted molar refractivity (Wildman–Crippen MR) is 104 cm³/mol. The summed E-state index contributed by atoms with van der Waals surface area (Å²) in [7, 11) is 0. The van der Waals surface area contributed by atoms with Gasteiger partial charge >= 0.3 is 0 Å². The molecule has 25 heavy (non-hydrogen) atoms. The Balaban J connectivity index is 1.45. The van der Waals surface area contributed by atoms with Gasteiger partial charge in [0.2, 0.25) is 5.28 Å². The Morgan fingerprint density at radius 1 is 1.12 bits per heavy atom. The summed E-state index contributed by atoms with van der Waals surface area (Å²) in [4.78, 5) is 11.4. The van der Waals surface area contributed by atoms with E-state index in [1.807, 2.05) is 18.2 Å². The van der Waals surface area contributed by atoms with Gasteiger partial charge in [-0.05, 0) is 55.5 Å². The highest BCUT2D eigenvalue weighted by Crippen LogP contribution is 2.30. The number of anilines is 1. The fourth-order valence-corrected chi connectivity index (χ4v) is 4.44. The fraction of sp³-hybridized carbons (Fsp3) is 0.556. The van der Waals surface area contributed by atoms with Crippen LogP contribution in [0.3, 0.4) is 0 Å². The SMILES string of the molecule is Clc1nc(N[C@H]2CC[C@H](N3CCOCC3)CC2)c2cc(Br)ccc2n1. The number of halogens is 2. The first kappa shape index (κ1) is 17.5. The van der Waals surface area contributed by atoms with Crippen molar-refractivity contribution >= 4 is 44.3 Å². The van der Waals surface area contributed by atoms with Crippen LogP contribution in [0.5, 0.6) is 0 Å². The summed E-state index contributed by atoms with van der Waals surface area (Å²) in [5.41, 5.74) is 0.868. The molecule has 2 aliphatic rings. The maximum absolute atomic E-state index is 6.11. The van der Waals surface area contributed by atoms with Crippen LogP contribution >= 0.6 is 27.5 Å². The van der Waals surface area contributed by atoms with Gasteiger partial charge in [0, 0.05) is 35.0 Å². The zero-order chi connectivity index (χ0) is 17.2. The van der Waals surface area contributed by atoms with Crippen LogP contribution < -0.4 is 5.32 Å². The Morgan fingerprint density at radius 3 is 2.64 bits per heavy atom. The van der Waals surface area contributed by atoms with Crippen LogP contribution in [-0.4, -0.2) is 53.3 Å². The lowest BCUT2D eigenvalue weighted by atomic mass is 9.90. The van der Waals surface area contributed by atoms with Crippen LogP contribution in [0, 0.1) is 0 Å². The minimum Gasteiger partial charge on any atom is -0.379 e. The second-order valence-corrected chi connectivity index (χ2v) is 8.05. The molecule has 2 fully saturated rings. The number of hydrogen-bond acceptors (Lipinski definition) is 5. The van der Waals surface area contributed by atoms with E-state index in [4.69, 9.17) is 16.3 Å². The van der Waals surface area contributed by atoms with Gasteiger partial charge in [0.05, 0.1) is 18.7 Å². The van der Waals surface area contributed by atoms with Gasteiger partial charge in [0.1, 0.15) is 5.82 Å². The molecule has 7 heteroatoms. The molecule has 1 aromatic heterocycles. The van der Waals surface area contributed by atoms with E-state index in [1.54, 1.807) is 0 Å². The molecule has 1 saturated heterocycles. The van der Waals surface area contributed by atoms with Crippen molar-refractivity contribution < 1.29 is 4.74 Å². The molecule has 0 amide bonds. The van der Waals surface area contributed by atoms with E-state index in [-0.39, 0.29) is 0 Å². The molecular weight excluding hydrogens is 404 g/mol. The molecule has 1 N–H and O–H groups in total. The van der Waals surface area contributed by atoms with Crippen LogP contribution in [-0.2, 0) is 4.74 Å². The van der Waals surface area contributed by atoms with Crippen molar-refractivity contribution in [3.8, 4) is 0 Å². The maximum Gasteiger partial charge on any atom is 0.224 e. The topological polar surface area (TPSA) is 50.3 Å². The van der Waals surface area contributed by atoms with Crippen molar-refractivity contribution in [2.75, 3.05) is 31.6 Å². The van der Waals surface area contributed by atoms with Gasteiger partial charge in [-0.1, -0.05) is 15.9 Å².